The molecule has 5 nitrogen and oxygen atoms in total. The summed E-state index contributed by atoms with van der Waals surface area (Å²) >= 11 is 1.67. The maximum Gasteiger partial charge on any atom is 0.412 e. The molecule has 118 valence electrons. The van der Waals surface area contributed by atoms with Gasteiger partial charge in [-0.1, -0.05) is 24.2 Å². The zero-order chi connectivity index (χ0) is 15.4. The summed E-state index contributed by atoms with van der Waals surface area (Å²) in [5, 5.41) is 3.70. The van der Waals surface area contributed by atoms with Crippen molar-refractivity contribution >= 4 is 32.8 Å². The molecule has 1 aliphatic heterocycles. The molecule has 0 radical (unpaired) electrons. The van der Waals surface area contributed by atoms with Crippen LogP contribution in [-0.4, -0.2) is 30.7 Å². The number of fused-ring (bicyclic) bond motifs is 1. The van der Waals surface area contributed by atoms with Crippen LogP contribution in [-0.2, 0) is 0 Å². The van der Waals surface area contributed by atoms with Gasteiger partial charge in [-0.2, -0.15) is 0 Å². The van der Waals surface area contributed by atoms with E-state index in [9.17, 15) is 4.79 Å². The molecule has 0 unspecified atom stereocenters. The van der Waals surface area contributed by atoms with E-state index in [1.54, 1.807) is 17.4 Å². The Balaban J connectivity index is 1.79. The van der Waals surface area contributed by atoms with Gasteiger partial charge in [0.25, 0.3) is 0 Å². The van der Waals surface area contributed by atoms with Gasteiger partial charge in [-0.15, -0.1) is 0 Å². The van der Waals surface area contributed by atoms with Crippen molar-refractivity contribution in [2.24, 2.45) is 0 Å². The second-order valence-corrected chi connectivity index (χ2v) is 6.46. The van der Waals surface area contributed by atoms with E-state index in [1.165, 1.54) is 25.7 Å². The maximum absolute atomic E-state index is 11.5. The number of carbonyl (C=O) groups is 1. The average Bonchev–Trinajstić information content (AvgIpc) is 2.73. The van der Waals surface area contributed by atoms with Crippen LogP contribution in [0, 0.1) is 0 Å². The van der Waals surface area contributed by atoms with Crippen LogP contribution in [0.2, 0.25) is 0 Å². The fraction of sp³-hybridized carbons (Fsp3) is 0.500. The zero-order valence-corrected chi connectivity index (χ0v) is 13.6. The average molecular weight is 319 g/mol. The second-order valence-electron chi connectivity index (χ2n) is 5.45. The third kappa shape index (κ3) is 3.50. The molecule has 0 atom stereocenters. The van der Waals surface area contributed by atoms with Gasteiger partial charge in [0.05, 0.1) is 10.2 Å². The molecule has 2 aromatic rings. The molecule has 0 saturated carbocycles. The molecule has 2 heterocycles. The highest BCUT2D eigenvalue weighted by Gasteiger charge is 2.15. The van der Waals surface area contributed by atoms with Crippen molar-refractivity contribution in [1.82, 2.24) is 10.3 Å². The van der Waals surface area contributed by atoms with Crippen molar-refractivity contribution in [2.45, 2.75) is 32.6 Å². The lowest BCUT2D eigenvalue weighted by Gasteiger charge is -2.18. The van der Waals surface area contributed by atoms with Crippen molar-refractivity contribution in [3.8, 4) is 5.75 Å². The molecule has 1 aliphatic rings. The zero-order valence-electron chi connectivity index (χ0n) is 12.8. The summed E-state index contributed by atoms with van der Waals surface area (Å²) in [5.41, 5.74) is 0.965. The fourth-order valence-corrected chi connectivity index (χ4v) is 3.69. The van der Waals surface area contributed by atoms with E-state index < -0.39 is 6.09 Å². The first kappa shape index (κ1) is 15.1. The molecule has 1 aromatic carbocycles. The summed E-state index contributed by atoms with van der Waals surface area (Å²) in [6.07, 6.45) is 4.68. The van der Waals surface area contributed by atoms with Gasteiger partial charge in [-0.25, -0.2) is 9.78 Å². The Bertz CT molecular complexity index is 648. The second kappa shape index (κ2) is 6.96. The Hall–Kier alpha value is -1.82. The molecule has 3 rings (SSSR count). The number of amides is 1. The van der Waals surface area contributed by atoms with Crippen molar-refractivity contribution in [2.75, 3.05) is 24.5 Å². The Labute approximate surface area is 134 Å². The molecule has 6 heteroatoms. The number of ether oxygens (including phenoxy) is 1. The minimum Gasteiger partial charge on any atom is -0.410 e. The standard InChI is InChI=1S/C16H21N3O2S/c1-2-17-16(20)21-12-7-8-13-14(11-12)22-15(18-13)19-9-5-3-4-6-10-19/h7-8,11H,2-6,9-10H2,1H3,(H,17,20). The molecule has 22 heavy (non-hydrogen) atoms. The van der Waals surface area contributed by atoms with Crippen LogP contribution in [0.4, 0.5) is 9.93 Å². The first-order valence-electron chi connectivity index (χ1n) is 7.87. The summed E-state index contributed by atoms with van der Waals surface area (Å²) in [6.45, 7) is 4.59. The number of thiazole rings is 1. The van der Waals surface area contributed by atoms with Crippen molar-refractivity contribution in [1.29, 1.82) is 0 Å². The number of aromatic nitrogens is 1. The quantitative estimate of drug-likeness (QED) is 0.935. The molecular formula is C16H21N3O2S. The molecule has 0 aliphatic carbocycles. The number of anilines is 1. The Kier molecular flexibility index (Phi) is 4.77. The van der Waals surface area contributed by atoms with E-state index in [4.69, 9.17) is 9.72 Å². The normalized spacial score (nSPS) is 15.6. The topological polar surface area (TPSA) is 54.5 Å². The SMILES string of the molecule is CCNC(=O)Oc1ccc2nc(N3CCCCCC3)sc2c1. The van der Waals surface area contributed by atoms with E-state index in [-0.39, 0.29) is 0 Å². The van der Waals surface area contributed by atoms with Gasteiger partial charge < -0.3 is 15.0 Å². The van der Waals surface area contributed by atoms with Gasteiger partial charge in [0.2, 0.25) is 0 Å². The molecular weight excluding hydrogens is 298 g/mol. The number of benzene rings is 1. The van der Waals surface area contributed by atoms with Crippen LogP contribution >= 0.6 is 11.3 Å². The van der Waals surface area contributed by atoms with Gasteiger partial charge in [0, 0.05) is 25.7 Å². The van der Waals surface area contributed by atoms with E-state index in [0.29, 0.717) is 12.3 Å². The largest absolute Gasteiger partial charge is 0.412 e. The third-order valence-electron chi connectivity index (χ3n) is 3.76. The molecule has 0 bridgehead atoms. The number of carbonyl (C=O) groups excluding carboxylic acids is 1. The number of rotatable bonds is 3. The van der Waals surface area contributed by atoms with Crippen LogP contribution in [0.5, 0.6) is 5.75 Å². The summed E-state index contributed by atoms with van der Waals surface area (Å²) in [5.74, 6) is 0.560. The highest BCUT2D eigenvalue weighted by molar-refractivity contribution is 7.22. The molecule has 1 fully saturated rings. The lowest BCUT2D eigenvalue weighted by molar-refractivity contribution is 0.201. The van der Waals surface area contributed by atoms with E-state index in [0.717, 1.165) is 28.4 Å². The van der Waals surface area contributed by atoms with Crippen LogP contribution in [0.1, 0.15) is 32.6 Å². The monoisotopic (exact) mass is 319 g/mol. The van der Waals surface area contributed by atoms with Crippen molar-refractivity contribution < 1.29 is 9.53 Å². The minimum absolute atomic E-state index is 0.417. The lowest BCUT2D eigenvalue weighted by Crippen LogP contribution is -2.26. The fourth-order valence-electron chi connectivity index (χ4n) is 2.64. The van der Waals surface area contributed by atoms with E-state index in [1.807, 2.05) is 19.1 Å². The molecule has 1 amide bonds. The predicted octanol–water partition coefficient (Wildman–Crippen LogP) is 3.79. The predicted molar refractivity (Wildman–Crippen MR) is 90.0 cm³/mol. The van der Waals surface area contributed by atoms with Gasteiger partial charge >= 0.3 is 6.09 Å². The number of nitrogens with one attached hydrogen (secondary N) is 1. The Morgan fingerprint density at radius 1 is 1.32 bits per heavy atom. The highest BCUT2D eigenvalue weighted by Crippen LogP contribution is 2.32. The summed E-state index contributed by atoms with van der Waals surface area (Å²) in [4.78, 5) is 18.6. The summed E-state index contributed by atoms with van der Waals surface area (Å²) in [6, 6.07) is 5.61. The number of nitrogens with zero attached hydrogens (tertiary/aromatic N) is 2. The van der Waals surface area contributed by atoms with Crippen molar-refractivity contribution in [3.63, 3.8) is 0 Å². The van der Waals surface area contributed by atoms with E-state index in [2.05, 4.69) is 10.2 Å². The lowest BCUT2D eigenvalue weighted by atomic mass is 10.2. The summed E-state index contributed by atoms with van der Waals surface area (Å²) < 4.78 is 6.31. The maximum atomic E-state index is 11.5. The van der Waals surface area contributed by atoms with Gasteiger partial charge in [-0.3, -0.25) is 0 Å². The van der Waals surface area contributed by atoms with E-state index >= 15 is 0 Å². The third-order valence-corrected chi connectivity index (χ3v) is 4.84. The first-order valence-corrected chi connectivity index (χ1v) is 8.69. The van der Waals surface area contributed by atoms with Crippen LogP contribution in [0.3, 0.4) is 0 Å². The van der Waals surface area contributed by atoms with Crippen molar-refractivity contribution in [3.05, 3.63) is 18.2 Å². The smallest absolute Gasteiger partial charge is 0.410 e. The van der Waals surface area contributed by atoms with Gasteiger partial charge in [-0.05, 0) is 31.9 Å². The molecule has 1 saturated heterocycles. The van der Waals surface area contributed by atoms with Gasteiger partial charge in [0.1, 0.15) is 5.75 Å². The Morgan fingerprint density at radius 3 is 2.82 bits per heavy atom. The van der Waals surface area contributed by atoms with Gasteiger partial charge in [0.15, 0.2) is 5.13 Å². The number of hydrogen-bond donors (Lipinski definition) is 1. The van der Waals surface area contributed by atoms with Crippen LogP contribution in [0.15, 0.2) is 18.2 Å². The minimum atomic E-state index is -0.417. The van der Waals surface area contributed by atoms with Crippen LogP contribution < -0.4 is 15.0 Å². The molecule has 1 N–H and O–H groups in total. The first-order chi connectivity index (χ1) is 10.8. The molecule has 1 aromatic heterocycles. The summed E-state index contributed by atoms with van der Waals surface area (Å²) in [7, 11) is 0. The highest BCUT2D eigenvalue weighted by atomic mass is 32.1. The Morgan fingerprint density at radius 2 is 2.09 bits per heavy atom. The molecule has 0 spiro atoms. The van der Waals surface area contributed by atoms with Crippen LogP contribution in [0.25, 0.3) is 10.2 Å². The number of hydrogen-bond acceptors (Lipinski definition) is 5.